The zero-order valence-corrected chi connectivity index (χ0v) is 11.3. The molecule has 0 saturated carbocycles. The predicted octanol–water partition coefficient (Wildman–Crippen LogP) is 2.99. The van der Waals surface area contributed by atoms with Crippen LogP contribution in [0.5, 0.6) is 0 Å². The fourth-order valence-corrected chi connectivity index (χ4v) is 1.77. The van der Waals surface area contributed by atoms with Crippen LogP contribution in [-0.2, 0) is 0 Å². The van der Waals surface area contributed by atoms with Crippen molar-refractivity contribution in [1.29, 1.82) is 0 Å². The molecule has 2 aromatic rings. The maximum absolute atomic E-state index is 12.0. The Hall–Kier alpha value is -2.40. The Labute approximate surface area is 120 Å². The smallest absolute Gasteiger partial charge is 0.354 e. The van der Waals surface area contributed by atoms with E-state index in [1.54, 1.807) is 12.1 Å². The van der Waals surface area contributed by atoms with Gasteiger partial charge in [-0.25, -0.2) is 9.78 Å². The number of aryl methyl sites for hydroxylation is 1. The number of amides is 1. The number of anilines is 1. The van der Waals surface area contributed by atoms with Crippen LogP contribution in [0.2, 0.25) is 5.02 Å². The minimum absolute atomic E-state index is 0.0162. The molecule has 20 heavy (non-hydrogen) atoms. The number of carboxylic acid groups (broad SMARTS) is 1. The van der Waals surface area contributed by atoms with Crippen LogP contribution in [0.4, 0.5) is 5.69 Å². The van der Waals surface area contributed by atoms with Crippen molar-refractivity contribution in [3.8, 4) is 0 Å². The van der Waals surface area contributed by atoms with Gasteiger partial charge in [-0.2, -0.15) is 0 Å². The number of pyridine rings is 1. The molecule has 0 fully saturated rings. The summed E-state index contributed by atoms with van der Waals surface area (Å²) < 4.78 is 0. The van der Waals surface area contributed by atoms with Gasteiger partial charge in [-0.15, -0.1) is 0 Å². The maximum Gasteiger partial charge on any atom is 0.354 e. The minimum Gasteiger partial charge on any atom is -0.477 e. The minimum atomic E-state index is -1.19. The Morgan fingerprint density at radius 3 is 2.60 bits per heavy atom. The second kappa shape index (κ2) is 5.71. The molecule has 2 rings (SSSR count). The third-order valence-electron chi connectivity index (χ3n) is 2.57. The van der Waals surface area contributed by atoms with Crippen LogP contribution in [-0.4, -0.2) is 22.0 Å². The molecule has 6 heteroatoms. The van der Waals surface area contributed by atoms with Gasteiger partial charge < -0.3 is 10.4 Å². The summed E-state index contributed by atoms with van der Waals surface area (Å²) in [5.74, 6) is -1.70. The lowest BCUT2D eigenvalue weighted by atomic mass is 10.2. The number of hydrogen-bond donors (Lipinski definition) is 2. The van der Waals surface area contributed by atoms with Gasteiger partial charge in [0, 0.05) is 0 Å². The van der Waals surface area contributed by atoms with E-state index in [4.69, 9.17) is 16.7 Å². The zero-order valence-electron chi connectivity index (χ0n) is 10.6. The van der Waals surface area contributed by atoms with Crippen molar-refractivity contribution >= 4 is 29.2 Å². The molecular formula is C14H11ClN2O3. The van der Waals surface area contributed by atoms with Gasteiger partial charge in [-0.05, 0) is 36.8 Å². The van der Waals surface area contributed by atoms with Crippen LogP contribution >= 0.6 is 11.6 Å². The summed E-state index contributed by atoms with van der Waals surface area (Å²) in [6, 6.07) is 9.43. The second-order valence-corrected chi connectivity index (χ2v) is 4.56. The number of nitrogens with zero attached hydrogens (tertiary/aromatic N) is 1. The number of aromatic carboxylic acids is 1. The van der Waals surface area contributed by atoms with Crippen LogP contribution in [0, 0.1) is 6.92 Å². The summed E-state index contributed by atoms with van der Waals surface area (Å²) in [5.41, 5.74) is 1.23. The van der Waals surface area contributed by atoms with Crippen molar-refractivity contribution in [3.63, 3.8) is 0 Å². The van der Waals surface area contributed by atoms with Crippen LogP contribution in [0.25, 0.3) is 0 Å². The SMILES string of the molecule is Cc1ccc(Cl)c(NC(=O)c2cccc(C(=O)O)n2)c1. The van der Waals surface area contributed by atoms with E-state index in [1.165, 1.54) is 18.2 Å². The van der Waals surface area contributed by atoms with Gasteiger partial charge in [0.25, 0.3) is 5.91 Å². The fraction of sp³-hybridized carbons (Fsp3) is 0.0714. The Kier molecular flexibility index (Phi) is 4.00. The van der Waals surface area contributed by atoms with E-state index in [9.17, 15) is 9.59 Å². The first kappa shape index (κ1) is 14.0. The Morgan fingerprint density at radius 2 is 1.90 bits per heavy atom. The summed E-state index contributed by atoms with van der Waals surface area (Å²) in [6.07, 6.45) is 0. The van der Waals surface area contributed by atoms with Crippen LogP contribution in [0.3, 0.4) is 0 Å². The third kappa shape index (κ3) is 3.13. The van der Waals surface area contributed by atoms with Gasteiger partial charge in [0.05, 0.1) is 10.7 Å². The number of hydrogen-bond acceptors (Lipinski definition) is 3. The number of aromatic nitrogens is 1. The Morgan fingerprint density at radius 1 is 1.20 bits per heavy atom. The van der Waals surface area contributed by atoms with Gasteiger partial charge in [0.2, 0.25) is 0 Å². The summed E-state index contributed by atoms with van der Waals surface area (Å²) in [5, 5.41) is 11.9. The molecule has 102 valence electrons. The number of carbonyl (C=O) groups is 2. The zero-order chi connectivity index (χ0) is 14.7. The average Bonchev–Trinajstić information content (AvgIpc) is 2.43. The Balaban J connectivity index is 2.26. The summed E-state index contributed by atoms with van der Waals surface area (Å²) in [7, 11) is 0. The highest BCUT2D eigenvalue weighted by molar-refractivity contribution is 6.33. The quantitative estimate of drug-likeness (QED) is 0.911. The molecule has 2 N–H and O–H groups in total. The van der Waals surface area contributed by atoms with E-state index in [2.05, 4.69) is 10.3 Å². The first-order valence-corrected chi connectivity index (χ1v) is 6.13. The molecule has 0 unspecified atom stereocenters. The maximum atomic E-state index is 12.0. The summed E-state index contributed by atoms with van der Waals surface area (Å²) in [6.45, 7) is 1.87. The highest BCUT2D eigenvalue weighted by Crippen LogP contribution is 2.23. The molecule has 0 atom stereocenters. The van der Waals surface area contributed by atoms with Crippen molar-refractivity contribution in [2.24, 2.45) is 0 Å². The van der Waals surface area contributed by atoms with Crippen LogP contribution in [0.15, 0.2) is 36.4 Å². The number of carboxylic acids is 1. The van der Waals surface area contributed by atoms with E-state index >= 15 is 0 Å². The van der Waals surface area contributed by atoms with E-state index in [1.807, 2.05) is 13.0 Å². The molecule has 0 spiro atoms. The molecule has 0 aliphatic carbocycles. The number of benzene rings is 1. The van der Waals surface area contributed by atoms with Crippen LogP contribution < -0.4 is 5.32 Å². The average molecular weight is 291 g/mol. The molecule has 0 aliphatic rings. The van der Waals surface area contributed by atoms with Crippen molar-refractivity contribution in [1.82, 2.24) is 4.98 Å². The van der Waals surface area contributed by atoms with E-state index in [0.29, 0.717) is 10.7 Å². The first-order chi connectivity index (χ1) is 9.47. The lowest BCUT2D eigenvalue weighted by Gasteiger charge is -2.08. The monoisotopic (exact) mass is 290 g/mol. The second-order valence-electron chi connectivity index (χ2n) is 4.15. The lowest BCUT2D eigenvalue weighted by Crippen LogP contribution is -2.15. The van der Waals surface area contributed by atoms with Gasteiger partial charge in [0.1, 0.15) is 11.4 Å². The Bertz CT molecular complexity index is 686. The molecule has 5 nitrogen and oxygen atoms in total. The molecule has 1 amide bonds. The third-order valence-corrected chi connectivity index (χ3v) is 2.90. The van der Waals surface area contributed by atoms with Gasteiger partial charge in [0.15, 0.2) is 0 Å². The number of halogens is 1. The van der Waals surface area contributed by atoms with Crippen molar-refractivity contribution in [2.75, 3.05) is 5.32 Å². The van der Waals surface area contributed by atoms with Crippen molar-refractivity contribution in [3.05, 3.63) is 58.4 Å². The molecule has 0 aliphatic heterocycles. The molecule has 0 radical (unpaired) electrons. The standard InChI is InChI=1S/C14H11ClN2O3/c1-8-5-6-9(15)12(7-8)17-13(18)10-3-2-4-11(16-10)14(19)20/h2-7H,1H3,(H,17,18)(H,19,20). The van der Waals surface area contributed by atoms with E-state index in [-0.39, 0.29) is 11.4 Å². The van der Waals surface area contributed by atoms with Crippen molar-refractivity contribution < 1.29 is 14.7 Å². The van der Waals surface area contributed by atoms with E-state index in [0.717, 1.165) is 5.56 Å². The van der Waals surface area contributed by atoms with Crippen LogP contribution in [0.1, 0.15) is 26.5 Å². The molecule has 1 heterocycles. The molecule has 0 bridgehead atoms. The van der Waals surface area contributed by atoms with Gasteiger partial charge in [-0.3, -0.25) is 4.79 Å². The fourth-order valence-electron chi connectivity index (χ4n) is 1.60. The molecular weight excluding hydrogens is 280 g/mol. The molecule has 1 aromatic carbocycles. The number of nitrogens with one attached hydrogen (secondary N) is 1. The van der Waals surface area contributed by atoms with Crippen molar-refractivity contribution in [2.45, 2.75) is 6.92 Å². The number of rotatable bonds is 3. The topological polar surface area (TPSA) is 79.3 Å². The summed E-state index contributed by atoms with van der Waals surface area (Å²) in [4.78, 5) is 26.6. The lowest BCUT2D eigenvalue weighted by molar-refractivity contribution is 0.0690. The largest absolute Gasteiger partial charge is 0.477 e. The molecule has 1 aromatic heterocycles. The van der Waals surface area contributed by atoms with Gasteiger partial charge >= 0.3 is 5.97 Å². The van der Waals surface area contributed by atoms with E-state index < -0.39 is 11.9 Å². The predicted molar refractivity (Wildman–Crippen MR) is 75.3 cm³/mol. The highest BCUT2D eigenvalue weighted by Gasteiger charge is 2.12. The summed E-state index contributed by atoms with van der Waals surface area (Å²) >= 11 is 5.98. The van der Waals surface area contributed by atoms with Gasteiger partial charge in [-0.1, -0.05) is 23.7 Å². The number of carbonyl (C=O) groups excluding carboxylic acids is 1. The first-order valence-electron chi connectivity index (χ1n) is 5.75. The highest BCUT2D eigenvalue weighted by atomic mass is 35.5. The normalized spacial score (nSPS) is 10.1. The molecule has 0 saturated heterocycles.